The predicted octanol–water partition coefficient (Wildman–Crippen LogP) is 3.71. The normalized spacial score (nSPS) is 10.4. The molecule has 0 aliphatic carbocycles. The van der Waals surface area contributed by atoms with Crippen molar-refractivity contribution in [2.24, 2.45) is 0 Å². The van der Waals surface area contributed by atoms with E-state index in [0.717, 1.165) is 11.1 Å². The summed E-state index contributed by atoms with van der Waals surface area (Å²) in [4.78, 5) is 22.7. The van der Waals surface area contributed by atoms with Crippen molar-refractivity contribution in [3.8, 4) is 0 Å². The first-order valence-electron chi connectivity index (χ1n) is 7.39. The number of carbonyl (C=O) groups is 1. The number of benzene rings is 2. The van der Waals surface area contributed by atoms with Gasteiger partial charge in [-0.25, -0.2) is 0 Å². The summed E-state index contributed by atoms with van der Waals surface area (Å²) < 4.78 is 5.40. The van der Waals surface area contributed by atoms with Crippen LogP contribution < -0.4 is 5.32 Å². The first-order chi connectivity index (χ1) is 11.5. The Bertz CT molecular complexity index is 749. The Morgan fingerprint density at radius 3 is 2.62 bits per heavy atom. The van der Waals surface area contributed by atoms with Gasteiger partial charge in [-0.1, -0.05) is 35.9 Å². The van der Waals surface area contributed by atoms with Crippen molar-refractivity contribution in [3.63, 3.8) is 0 Å². The molecule has 0 radical (unpaired) electrons. The van der Waals surface area contributed by atoms with Crippen molar-refractivity contribution < 1.29 is 14.5 Å². The van der Waals surface area contributed by atoms with Gasteiger partial charge < -0.3 is 10.1 Å². The number of rotatable bonds is 7. The molecule has 0 atom stereocenters. The maximum Gasteiger partial charge on any atom is 0.283 e. The van der Waals surface area contributed by atoms with Crippen molar-refractivity contribution in [2.45, 2.75) is 20.1 Å². The summed E-state index contributed by atoms with van der Waals surface area (Å²) in [6.07, 6.45) is 0. The van der Waals surface area contributed by atoms with Gasteiger partial charge in [-0.15, -0.1) is 0 Å². The number of ether oxygens (including phenoxy) is 1. The molecule has 0 fully saturated rings. The van der Waals surface area contributed by atoms with E-state index in [-0.39, 0.29) is 22.8 Å². The topological polar surface area (TPSA) is 81.5 Å². The van der Waals surface area contributed by atoms with Crippen molar-refractivity contribution in [1.82, 2.24) is 5.32 Å². The van der Waals surface area contributed by atoms with Crippen LogP contribution in [0.5, 0.6) is 0 Å². The summed E-state index contributed by atoms with van der Waals surface area (Å²) in [5, 5.41) is 14.0. The summed E-state index contributed by atoms with van der Waals surface area (Å²) >= 11 is 5.76. The summed E-state index contributed by atoms with van der Waals surface area (Å²) in [5.41, 5.74) is 1.52. The van der Waals surface area contributed by atoms with Gasteiger partial charge in [0, 0.05) is 24.2 Å². The highest BCUT2D eigenvalue weighted by molar-refractivity contribution is 6.31. The molecule has 0 heterocycles. The molecule has 2 aromatic rings. The van der Waals surface area contributed by atoms with Crippen molar-refractivity contribution in [3.05, 3.63) is 74.3 Å². The zero-order valence-electron chi connectivity index (χ0n) is 13.1. The summed E-state index contributed by atoms with van der Waals surface area (Å²) in [6, 6.07) is 11.5. The number of carbonyl (C=O) groups excluding carboxylic acids is 1. The molecule has 0 bridgehead atoms. The Kier molecular flexibility index (Phi) is 6.28. The number of nitrogens with zero attached hydrogens (tertiary/aromatic N) is 1. The Balaban J connectivity index is 2.13. The van der Waals surface area contributed by atoms with Gasteiger partial charge in [0.2, 0.25) is 0 Å². The van der Waals surface area contributed by atoms with E-state index in [0.29, 0.717) is 13.2 Å². The van der Waals surface area contributed by atoms with E-state index in [4.69, 9.17) is 16.3 Å². The quantitative estimate of drug-likeness (QED) is 0.610. The lowest BCUT2D eigenvalue weighted by Gasteiger charge is -2.11. The van der Waals surface area contributed by atoms with E-state index in [1.165, 1.54) is 18.2 Å². The molecule has 0 saturated heterocycles. The molecular weight excluding hydrogens is 332 g/mol. The van der Waals surface area contributed by atoms with Gasteiger partial charge in [0.25, 0.3) is 11.6 Å². The number of nitro groups is 1. The Morgan fingerprint density at radius 2 is 1.96 bits per heavy atom. The molecule has 0 aromatic heterocycles. The van der Waals surface area contributed by atoms with Crippen LogP contribution in [0.4, 0.5) is 5.69 Å². The first-order valence-corrected chi connectivity index (χ1v) is 7.77. The Hall–Kier alpha value is -2.44. The van der Waals surface area contributed by atoms with E-state index in [9.17, 15) is 14.9 Å². The van der Waals surface area contributed by atoms with Crippen LogP contribution in [0.2, 0.25) is 5.02 Å². The molecular formula is C17H17ClN2O4. The summed E-state index contributed by atoms with van der Waals surface area (Å²) in [6.45, 7) is 3.20. The average molecular weight is 349 g/mol. The van der Waals surface area contributed by atoms with Crippen LogP contribution in [0.1, 0.15) is 28.4 Å². The molecule has 1 amide bonds. The highest BCUT2D eigenvalue weighted by Crippen LogP contribution is 2.23. The highest BCUT2D eigenvalue weighted by Gasteiger charge is 2.20. The number of halogens is 1. The van der Waals surface area contributed by atoms with Gasteiger partial charge >= 0.3 is 0 Å². The Labute approximate surface area is 144 Å². The van der Waals surface area contributed by atoms with Gasteiger partial charge in [-0.05, 0) is 30.2 Å². The molecule has 6 nitrogen and oxygen atoms in total. The minimum Gasteiger partial charge on any atom is -0.377 e. The number of amides is 1. The molecule has 2 aromatic carbocycles. The van der Waals surface area contributed by atoms with E-state index >= 15 is 0 Å². The minimum atomic E-state index is -0.621. The predicted molar refractivity (Wildman–Crippen MR) is 91.0 cm³/mol. The zero-order valence-corrected chi connectivity index (χ0v) is 13.9. The standard InChI is InChI=1S/C17H17ClN2O4/c1-2-24-11-13-6-4-3-5-12(13)10-19-17(21)15-8-7-14(18)9-16(15)20(22)23/h3-9H,2,10-11H2,1H3,(H,19,21). The number of hydrogen-bond donors (Lipinski definition) is 1. The minimum absolute atomic E-state index is 0.0216. The van der Waals surface area contributed by atoms with Gasteiger partial charge in [-0.3, -0.25) is 14.9 Å². The molecule has 0 aliphatic rings. The van der Waals surface area contributed by atoms with Crippen LogP contribution in [-0.2, 0) is 17.9 Å². The third kappa shape index (κ3) is 4.53. The zero-order chi connectivity index (χ0) is 17.5. The second kappa shape index (κ2) is 8.42. The monoisotopic (exact) mass is 348 g/mol. The molecule has 0 spiro atoms. The van der Waals surface area contributed by atoms with Crippen molar-refractivity contribution in [1.29, 1.82) is 0 Å². The van der Waals surface area contributed by atoms with Crippen LogP contribution >= 0.6 is 11.6 Å². The molecule has 1 N–H and O–H groups in total. The van der Waals surface area contributed by atoms with Crippen LogP contribution in [0, 0.1) is 10.1 Å². The second-order valence-corrected chi connectivity index (χ2v) is 5.44. The fourth-order valence-electron chi connectivity index (χ4n) is 2.20. The Morgan fingerprint density at radius 1 is 1.25 bits per heavy atom. The van der Waals surface area contributed by atoms with E-state index in [1.807, 2.05) is 31.2 Å². The van der Waals surface area contributed by atoms with Crippen molar-refractivity contribution in [2.75, 3.05) is 6.61 Å². The lowest BCUT2D eigenvalue weighted by molar-refractivity contribution is -0.385. The molecule has 126 valence electrons. The lowest BCUT2D eigenvalue weighted by atomic mass is 10.1. The van der Waals surface area contributed by atoms with Crippen LogP contribution in [0.15, 0.2) is 42.5 Å². The van der Waals surface area contributed by atoms with Crippen molar-refractivity contribution >= 4 is 23.2 Å². The molecule has 2 rings (SSSR count). The van der Waals surface area contributed by atoms with Gasteiger partial charge in [0.05, 0.1) is 11.5 Å². The van der Waals surface area contributed by atoms with Gasteiger partial charge in [0.1, 0.15) is 5.56 Å². The first kappa shape index (κ1) is 17.9. The van der Waals surface area contributed by atoms with E-state index < -0.39 is 10.8 Å². The lowest BCUT2D eigenvalue weighted by Crippen LogP contribution is -2.24. The van der Waals surface area contributed by atoms with E-state index in [1.54, 1.807) is 0 Å². The maximum absolute atomic E-state index is 12.3. The SMILES string of the molecule is CCOCc1ccccc1CNC(=O)c1ccc(Cl)cc1[N+](=O)[O-]. The largest absolute Gasteiger partial charge is 0.377 e. The molecule has 24 heavy (non-hydrogen) atoms. The third-order valence-electron chi connectivity index (χ3n) is 3.42. The van der Waals surface area contributed by atoms with Crippen LogP contribution in [0.25, 0.3) is 0 Å². The number of nitrogens with one attached hydrogen (secondary N) is 1. The van der Waals surface area contributed by atoms with Crippen LogP contribution in [0.3, 0.4) is 0 Å². The third-order valence-corrected chi connectivity index (χ3v) is 3.66. The van der Waals surface area contributed by atoms with E-state index in [2.05, 4.69) is 5.32 Å². The second-order valence-electron chi connectivity index (χ2n) is 5.01. The number of nitro benzene ring substituents is 1. The molecule has 0 aliphatic heterocycles. The summed E-state index contributed by atoms with van der Waals surface area (Å²) in [7, 11) is 0. The molecule has 0 saturated carbocycles. The smallest absolute Gasteiger partial charge is 0.283 e. The summed E-state index contributed by atoms with van der Waals surface area (Å²) in [5.74, 6) is -0.524. The maximum atomic E-state index is 12.3. The number of hydrogen-bond acceptors (Lipinski definition) is 4. The van der Waals surface area contributed by atoms with Gasteiger partial charge in [-0.2, -0.15) is 0 Å². The molecule has 0 unspecified atom stereocenters. The highest BCUT2D eigenvalue weighted by atomic mass is 35.5. The van der Waals surface area contributed by atoms with Gasteiger partial charge in [0.15, 0.2) is 0 Å². The van der Waals surface area contributed by atoms with Crippen LogP contribution in [-0.4, -0.2) is 17.4 Å². The fraction of sp³-hybridized carbons (Fsp3) is 0.235. The fourth-order valence-corrected chi connectivity index (χ4v) is 2.37. The molecule has 7 heteroatoms. The average Bonchev–Trinajstić information content (AvgIpc) is 2.58.